The number of aliphatic hydroxyl groups excluding tert-OH is 4. The summed E-state index contributed by atoms with van der Waals surface area (Å²) in [6.07, 6.45) is -10.9. The number of phenols is 1. The molecular formula is C27H30O17. The van der Waals surface area contributed by atoms with Crippen LogP contribution < -0.4 is 4.74 Å². The van der Waals surface area contributed by atoms with Crippen molar-refractivity contribution in [3.63, 3.8) is 0 Å². The molecule has 1 aliphatic carbocycles. The van der Waals surface area contributed by atoms with Gasteiger partial charge in [0.2, 0.25) is 11.9 Å². The van der Waals surface area contributed by atoms with Crippen LogP contribution in [0, 0.1) is 11.8 Å². The van der Waals surface area contributed by atoms with Crippen molar-refractivity contribution in [3.05, 3.63) is 41.9 Å². The highest BCUT2D eigenvalue weighted by Gasteiger charge is 2.78. The first-order valence-corrected chi connectivity index (χ1v) is 13.2. The minimum atomic E-state index is -2.64. The van der Waals surface area contributed by atoms with Crippen LogP contribution >= 0.6 is 0 Å². The molecule has 11 atom stereocenters. The predicted octanol–water partition coefficient (Wildman–Crippen LogP) is -2.66. The fourth-order valence-corrected chi connectivity index (χ4v) is 5.75. The van der Waals surface area contributed by atoms with Gasteiger partial charge in [0.25, 0.3) is 0 Å². The lowest BCUT2D eigenvalue weighted by Gasteiger charge is -2.44. The van der Waals surface area contributed by atoms with Gasteiger partial charge < -0.3 is 68.9 Å². The van der Waals surface area contributed by atoms with Gasteiger partial charge in [-0.1, -0.05) is 6.07 Å². The molecule has 44 heavy (non-hydrogen) atoms. The summed E-state index contributed by atoms with van der Waals surface area (Å²) in [6, 6.07) is 3.56. The van der Waals surface area contributed by atoms with Gasteiger partial charge in [0, 0.05) is 5.92 Å². The van der Waals surface area contributed by atoms with E-state index < -0.39 is 96.7 Å². The number of hydrogen-bond acceptors (Lipinski definition) is 16. The van der Waals surface area contributed by atoms with Gasteiger partial charge in [0.1, 0.15) is 42.4 Å². The highest BCUT2D eigenvalue weighted by atomic mass is 16.8. The monoisotopic (exact) mass is 626 g/mol. The molecule has 5 rings (SSSR count). The molecule has 1 saturated carbocycles. The Morgan fingerprint density at radius 1 is 1.05 bits per heavy atom. The topological polar surface area (TPSA) is 261 Å². The van der Waals surface area contributed by atoms with Gasteiger partial charge in [-0.15, -0.1) is 0 Å². The molecule has 0 unspecified atom stereocenters. The van der Waals surface area contributed by atoms with Crippen LogP contribution in [0.4, 0.5) is 0 Å². The van der Waals surface area contributed by atoms with Gasteiger partial charge >= 0.3 is 17.9 Å². The van der Waals surface area contributed by atoms with E-state index >= 15 is 0 Å². The van der Waals surface area contributed by atoms with Gasteiger partial charge in [0.15, 0.2) is 17.8 Å². The van der Waals surface area contributed by atoms with Crippen LogP contribution in [0.1, 0.15) is 5.56 Å². The number of carboxylic acid groups (broad SMARTS) is 1. The highest BCUT2D eigenvalue weighted by Crippen LogP contribution is 2.59. The van der Waals surface area contributed by atoms with Gasteiger partial charge in [-0.3, -0.25) is 0 Å². The number of aromatic hydroxyl groups is 1. The third kappa shape index (κ3) is 5.16. The standard InChI is InChI=1S/C27H30O17/c1-38-13-5-9(3-4-12(13)29)10(22(33)34)7-41-26(36)27(37)16-15(20-21(27)43-20)11(23(35)39-2)8-40-24(16)44-25-19(32)18(31)17(30)14(6-28)42-25/h3-5,7-8,14-21,24-25,28-32,37H,6H2,1-2H3,(H,33,34)/t14-,15-,16-,17-,18+,19-,20+,21+,24+,25+,27+/m1/s1. The molecule has 1 aromatic carbocycles. The molecule has 240 valence electrons. The number of aliphatic carboxylic acids is 1. The van der Waals surface area contributed by atoms with Gasteiger partial charge in [-0.2, -0.15) is 0 Å². The number of carbonyl (C=O) groups is 3. The molecule has 3 aliphatic heterocycles. The average molecular weight is 627 g/mol. The summed E-state index contributed by atoms with van der Waals surface area (Å²) in [4.78, 5) is 38.1. The van der Waals surface area contributed by atoms with E-state index in [1.165, 1.54) is 19.2 Å². The molecule has 0 radical (unpaired) electrons. The summed E-state index contributed by atoms with van der Waals surface area (Å²) in [5.74, 6) is -6.80. The lowest BCUT2D eigenvalue weighted by atomic mass is 9.79. The number of methoxy groups -OCH3 is 2. The van der Waals surface area contributed by atoms with Crippen molar-refractivity contribution in [2.75, 3.05) is 20.8 Å². The first-order chi connectivity index (χ1) is 20.9. The lowest BCUT2D eigenvalue weighted by molar-refractivity contribution is -0.348. The third-order valence-electron chi connectivity index (χ3n) is 8.06. The van der Waals surface area contributed by atoms with Crippen molar-refractivity contribution in [2.24, 2.45) is 11.8 Å². The number of esters is 2. The Bertz CT molecular complexity index is 1370. The zero-order valence-electron chi connectivity index (χ0n) is 23.1. The van der Waals surface area contributed by atoms with E-state index in [2.05, 4.69) is 0 Å². The summed E-state index contributed by atoms with van der Waals surface area (Å²) >= 11 is 0. The van der Waals surface area contributed by atoms with E-state index in [4.69, 9.17) is 33.2 Å². The number of epoxide rings is 1. The van der Waals surface area contributed by atoms with Gasteiger partial charge in [-0.25, -0.2) is 14.4 Å². The zero-order valence-corrected chi connectivity index (χ0v) is 23.1. The number of hydrogen-bond donors (Lipinski definition) is 7. The number of fused-ring (bicyclic) bond motifs is 3. The van der Waals surface area contributed by atoms with E-state index in [1.807, 2.05) is 0 Å². The molecule has 3 heterocycles. The van der Waals surface area contributed by atoms with Crippen LogP contribution in [0.25, 0.3) is 5.57 Å². The minimum Gasteiger partial charge on any atom is -0.504 e. The molecule has 4 aliphatic rings. The van der Waals surface area contributed by atoms with E-state index in [-0.39, 0.29) is 22.6 Å². The lowest BCUT2D eigenvalue weighted by Crippen LogP contribution is -2.62. The first kappa shape index (κ1) is 31.6. The Labute approximate surface area is 248 Å². The maximum absolute atomic E-state index is 13.5. The Morgan fingerprint density at radius 3 is 2.41 bits per heavy atom. The second-order valence-corrected chi connectivity index (χ2v) is 10.4. The number of aliphatic hydroxyl groups is 5. The molecule has 0 aromatic heterocycles. The van der Waals surface area contributed by atoms with E-state index in [0.29, 0.717) is 6.26 Å². The Morgan fingerprint density at radius 2 is 1.77 bits per heavy atom. The maximum Gasteiger partial charge on any atom is 0.346 e. The maximum atomic E-state index is 13.5. The largest absolute Gasteiger partial charge is 0.504 e. The van der Waals surface area contributed by atoms with E-state index in [9.17, 15) is 50.1 Å². The van der Waals surface area contributed by atoms with E-state index in [1.54, 1.807) is 0 Å². The average Bonchev–Trinajstić information content (AvgIpc) is 3.77. The highest BCUT2D eigenvalue weighted by molar-refractivity contribution is 6.15. The molecule has 0 spiro atoms. The minimum absolute atomic E-state index is 0.0301. The second-order valence-electron chi connectivity index (χ2n) is 10.4. The van der Waals surface area contributed by atoms with Crippen LogP contribution in [0.3, 0.4) is 0 Å². The van der Waals surface area contributed by atoms with Crippen LogP contribution in [-0.4, -0.2) is 129 Å². The SMILES string of the molecule is COC(=O)C1=CO[C@@H](O[C@@H]2O[C@H](CO)[C@@H](O)[C@H](O)[C@H]2O)[C@H]2[C@@H]1[C@@H]1O[C@@H]1[C@]2(O)C(=O)OC=C(C(=O)O)c1ccc(O)c(OC)c1. The molecule has 2 saturated heterocycles. The Balaban J connectivity index is 1.47. The van der Waals surface area contributed by atoms with Crippen LogP contribution in [-0.2, 0) is 42.8 Å². The smallest absolute Gasteiger partial charge is 0.346 e. The number of benzene rings is 1. The molecule has 0 bridgehead atoms. The summed E-state index contributed by atoms with van der Waals surface area (Å²) < 4.78 is 37.1. The molecule has 1 aromatic rings. The quantitative estimate of drug-likeness (QED) is 0.0638. The Hall–Kier alpha value is -3.81. The van der Waals surface area contributed by atoms with Crippen molar-refractivity contribution in [3.8, 4) is 11.5 Å². The summed E-state index contributed by atoms with van der Waals surface area (Å²) in [6.45, 7) is -0.770. The molecule has 3 fully saturated rings. The van der Waals surface area contributed by atoms with Crippen LogP contribution in [0.5, 0.6) is 11.5 Å². The number of carboxylic acids is 1. The first-order valence-electron chi connectivity index (χ1n) is 13.2. The number of carbonyl (C=O) groups excluding carboxylic acids is 2. The van der Waals surface area contributed by atoms with Crippen molar-refractivity contribution >= 4 is 23.5 Å². The summed E-state index contributed by atoms with van der Waals surface area (Å²) in [7, 11) is 2.33. The van der Waals surface area contributed by atoms with Crippen molar-refractivity contribution in [1.82, 2.24) is 0 Å². The normalized spacial score (nSPS) is 37.5. The van der Waals surface area contributed by atoms with Crippen molar-refractivity contribution < 1.29 is 83.3 Å². The van der Waals surface area contributed by atoms with Crippen LogP contribution in [0.15, 0.2) is 36.3 Å². The summed E-state index contributed by atoms with van der Waals surface area (Å²) in [5.41, 5.74) is -3.38. The van der Waals surface area contributed by atoms with Gasteiger partial charge in [0.05, 0.1) is 44.7 Å². The molecule has 17 nitrogen and oxygen atoms in total. The van der Waals surface area contributed by atoms with Crippen LogP contribution in [0.2, 0.25) is 0 Å². The number of ether oxygens (including phenoxy) is 7. The van der Waals surface area contributed by atoms with Crippen molar-refractivity contribution in [2.45, 2.75) is 54.8 Å². The van der Waals surface area contributed by atoms with Crippen molar-refractivity contribution in [1.29, 1.82) is 0 Å². The Kier molecular flexibility index (Phi) is 8.58. The third-order valence-corrected chi connectivity index (χ3v) is 8.06. The predicted molar refractivity (Wildman–Crippen MR) is 137 cm³/mol. The zero-order chi connectivity index (χ0) is 32.1. The molecule has 0 amide bonds. The van der Waals surface area contributed by atoms with E-state index in [0.717, 1.165) is 19.4 Å². The fourth-order valence-electron chi connectivity index (χ4n) is 5.75. The fraction of sp³-hybridized carbons (Fsp3) is 0.519. The molecule has 17 heteroatoms. The van der Waals surface area contributed by atoms with Gasteiger partial charge in [-0.05, 0) is 17.7 Å². The number of rotatable bonds is 9. The number of phenolic OH excluding ortho intramolecular Hbond substituents is 1. The molecular weight excluding hydrogens is 596 g/mol. The summed E-state index contributed by atoms with van der Waals surface area (Å²) in [5, 5.41) is 71.7. The molecule has 7 N–H and O–H groups in total. The second kappa shape index (κ2) is 11.9.